The van der Waals surface area contributed by atoms with Gasteiger partial charge in [0.1, 0.15) is 6.17 Å². The lowest BCUT2D eigenvalue weighted by molar-refractivity contribution is -0.135. The molecular weight excluding hydrogens is 268 g/mol. The van der Waals surface area contributed by atoms with Crippen LogP contribution in [0.3, 0.4) is 0 Å². The highest BCUT2D eigenvalue weighted by atomic mass is 32.1. The van der Waals surface area contributed by atoms with E-state index in [9.17, 15) is 4.79 Å². The fourth-order valence-corrected chi connectivity index (χ4v) is 3.77. The molecule has 3 atom stereocenters. The van der Waals surface area contributed by atoms with Gasteiger partial charge >= 0.3 is 0 Å². The van der Waals surface area contributed by atoms with Crippen molar-refractivity contribution in [3.05, 3.63) is 22.4 Å². The average Bonchev–Trinajstić information content (AvgIpc) is 3.05. The molecule has 1 saturated heterocycles. The van der Waals surface area contributed by atoms with Crippen LogP contribution >= 0.6 is 11.3 Å². The number of carbonyl (C=O) groups excluding carboxylic acids is 1. The first kappa shape index (κ1) is 15.5. The number of hydrogen-bond acceptors (Lipinski definition) is 3. The quantitative estimate of drug-likeness (QED) is 0.862. The summed E-state index contributed by atoms with van der Waals surface area (Å²) < 4.78 is 0. The van der Waals surface area contributed by atoms with Gasteiger partial charge in [-0.2, -0.15) is 0 Å². The van der Waals surface area contributed by atoms with E-state index < -0.39 is 5.54 Å². The van der Waals surface area contributed by atoms with Crippen LogP contribution in [-0.4, -0.2) is 22.4 Å². The van der Waals surface area contributed by atoms with Crippen molar-refractivity contribution >= 4 is 17.2 Å². The Morgan fingerprint density at radius 2 is 2.20 bits per heavy atom. The summed E-state index contributed by atoms with van der Waals surface area (Å²) in [7, 11) is 0. The first-order chi connectivity index (χ1) is 9.57. The minimum Gasteiger partial charge on any atom is -0.318 e. The largest absolute Gasteiger partial charge is 0.318 e. The third kappa shape index (κ3) is 2.63. The van der Waals surface area contributed by atoms with E-state index in [2.05, 4.69) is 48.5 Å². The minimum absolute atomic E-state index is 0.0453. The SMILES string of the molecule is CCCC(CC)N1C(=O)C(C)(CC)NC1c1cccs1. The number of hydrogen-bond donors (Lipinski definition) is 1. The normalized spacial score (nSPS) is 28.1. The second-order valence-corrected chi connectivity index (χ2v) is 6.79. The maximum atomic E-state index is 12.9. The molecule has 1 aliphatic heterocycles. The third-order valence-electron chi connectivity index (χ3n) is 4.45. The van der Waals surface area contributed by atoms with E-state index in [-0.39, 0.29) is 12.1 Å². The highest BCUT2D eigenvalue weighted by molar-refractivity contribution is 7.10. The van der Waals surface area contributed by atoms with Crippen LogP contribution < -0.4 is 5.32 Å². The molecule has 20 heavy (non-hydrogen) atoms. The molecule has 112 valence electrons. The first-order valence-corrected chi connectivity index (χ1v) is 8.59. The molecule has 1 aliphatic rings. The van der Waals surface area contributed by atoms with Crippen molar-refractivity contribution in [3.8, 4) is 0 Å². The lowest BCUT2D eigenvalue weighted by atomic mass is 9.98. The van der Waals surface area contributed by atoms with Crippen molar-refractivity contribution in [3.63, 3.8) is 0 Å². The van der Waals surface area contributed by atoms with Gasteiger partial charge in [-0.25, -0.2) is 0 Å². The van der Waals surface area contributed by atoms with Crippen LogP contribution in [0.15, 0.2) is 17.5 Å². The zero-order valence-corrected chi connectivity index (χ0v) is 13.8. The Morgan fingerprint density at radius 3 is 2.70 bits per heavy atom. The lowest BCUT2D eigenvalue weighted by Crippen LogP contribution is -2.44. The first-order valence-electron chi connectivity index (χ1n) is 7.71. The maximum absolute atomic E-state index is 12.9. The number of amides is 1. The Hall–Kier alpha value is -0.870. The van der Waals surface area contributed by atoms with E-state index in [0.717, 1.165) is 25.7 Å². The molecule has 1 amide bonds. The molecule has 0 aliphatic carbocycles. The molecule has 1 fully saturated rings. The summed E-state index contributed by atoms with van der Waals surface area (Å²) in [5.41, 5.74) is -0.421. The fourth-order valence-electron chi connectivity index (χ4n) is 2.99. The third-order valence-corrected chi connectivity index (χ3v) is 5.37. The Morgan fingerprint density at radius 1 is 1.45 bits per heavy atom. The number of thiophene rings is 1. The zero-order chi connectivity index (χ0) is 14.8. The van der Waals surface area contributed by atoms with Crippen molar-refractivity contribution in [1.82, 2.24) is 10.2 Å². The van der Waals surface area contributed by atoms with Crippen LogP contribution in [0.25, 0.3) is 0 Å². The Balaban J connectivity index is 2.35. The second-order valence-electron chi connectivity index (χ2n) is 5.81. The van der Waals surface area contributed by atoms with Gasteiger partial charge in [0.05, 0.1) is 5.54 Å². The van der Waals surface area contributed by atoms with Gasteiger partial charge in [0.25, 0.3) is 0 Å². The number of nitrogens with zero attached hydrogens (tertiary/aromatic N) is 1. The molecular formula is C16H26N2OS. The zero-order valence-electron chi connectivity index (χ0n) is 13.0. The van der Waals surface area contributed by atoms with Gasteiger partial charge in [-0.1, -0.05) is 33.3 Å². The van der Waals surface area contributed by atoms with Crippen molar-refractivity contribution in [2.45, 2.75) is 71.1 Å². The highest BCUT2D eigenvalue weighted by Crippen LogP contribution is 2.37. The molecule has 2 heterocycles. The van der Waals surface area contributed by atoms with Crippen molar-refractivity contribution in [2.75, 3.05) is 0 Å². The van der Waals surface area contributed by atoms with E-state index in [4.69, 9.17) is 0 Å². The van der Waals surface area contributed by atoms with Gasteiger partial charge in [-0.3, -0.25) is 10.1 Å². The summed E-state index contributed by atoms with van der Waals surface area (Å²) in [4.78, 5) is 16.3. The molecule has 2 rings (SSSR count). The van der Waals surface area contributed by atoms with E-state index in [1.165, 1.54) is 4.88 Å². The summed E-state index contributed by atoms with van der Waals surface area (Å²) in [6, 6.07) is 4.52. The van der Waals surface area contributed by atoms with Gasteiger partial charge in [0.15, 0.2) is 0 Å². The fraction of sp³-hybridized carbons (Fsp3) is 0.688. The van der Waals surface area contributed by atoms with Crippen LogP contribution in [0.4, 0.5) is 0 Å². The summed E-state index contributed by atoms with van der Waals surface area (Å²) in [6.45, 7) is 8.49. The van der Waals surface area contributed by atoms with Gasteiger partial charge in [0, 0.05) is 10.9 Å². The highest BCUT2D eigenvalue weighted by Gasteiger charge is 2.49. The lowest BCUT2D eigenvalue weighted by Gasteiger charge is -2.32. The van der Waals surface area contributed by atoms with Crippen LogP contribution in [0.5, 0.6) is 0 Å². The van der Waals surface area contributed by atoms with Crippen LogP contribution in [0.1, 0.15) is 64.4 Å². The van der Waals surface area contributed by atoms with Crippen LogP contribution in [0, 0.1) is 0 Å². The van der Waals surface area contributed by atoms with Crippen molar-refractivity contribution in [1.29, 1.82) is 0 Å². The molecule has 1 aromatic rings. The van der Waals surface area contributed by atoms with Gasteiger partial charge in [-0.05, 0) is 37.6 Å². The predicted molar refractivity (Wildman–Crippen MR) is 84.7 cm³/mol. The Kier molecular flexibility index (Phi) is 4.86. The van der Waals surface area contributed by atoms with E-state index in [1.54, 1.807) is 11.3 Å². The van der Waals surface area contributed by atoms with E-state index in [1.807, 2.05) is 6.92 Å². The second kappa shape index (κ2) is 6.27. The Bertz CT molecular complexity index is 445. The summed E-state index contributed by atoms with van der Waals surface area (Å²) >= 11 is 1.73. The average molecular weight is 294 g/mol. The molecule has 0 spiro atoms. The predicted octanol–water partition coefficient (Wildman–Crippen LogP) is 3.93. The van der Waals surface area contributed by atoms with Crippen LogP contribution in [-0.2, 0) is 4.79 Å². The topological polar surface area (TPSA) is 32.3 Å². The molecule has 1 N–H and O–H groups in total. The van der Waals surface area contributed by atoms with Gasteiger partial charge in [0.2, 0.25) is 5.91 Å². The van der Waals surface area contributed by atoms with Crippen LogP contribution in [0.2, 0.25) is 0 Å². The van der Waals surface area contributed by atoms with Crippen molar-refractivity contribution in [2.24, 2.45) is 0 Å². The molecule has 0 radical (unpaired) electrons. The number of rotatable bonds is 6. The summed E-state index contributed by atoms with van der Waals surface area (Å²) in [6.07, 6.45) is 4.08. The molecule has 3 nitrogen and oxygen atoms in total. The smallest absolute Gasteiger partial charge is 0.244 e. The minimum atomic E-state index is -0.421. The van der Waals surface area contributed by atoms with Gasteiger partial charge in [-0.15, -0.1) is 11.3 Å². The maximum Gasteiger partial charge on any atom is 0.244 e. The Labute approximate surface area is 126 Å². The summed E-state index contributed by atoms with van der Waals surface area (Å²) in [5, 5.41) is 5.66. The van der Waals surface area contributed by atoms with Gasteiger partial charge < -0.3 is 4.90 Å². The molecule has 1 aromatic heterocycles. The number of carbonyl (C=O) groups is 1. The molecule has 4 heteroatoms. The standard InChI is InChI=1S/C16H26N2OS/c1-5-9-12(6-2)18-14(13-10-8-11-20-13)17-16(4,7-3)15(18)19/h8,10-12,14,17H,5-7,9H2,1-4H3. The van der Waals surface area contributed by atoms with E-state index in [0.29, 0.717) is 6.04 Å². The van der Waals surface area contributed by atoms with Crippen molar-refractivity contribution < 1.29 is 4.79 Å². The molecule has 0 aromatic carbocycles. The van der Waals surface area contributed by atoms with E-state index >= 15 is 0 Å². The molecule has 0 saturated carbocycles. The monoisotopic (exact) mass is 294 g/mol. The number of nitrogens with one attached hydrogen (secondary N) is 1. The summed E-state index contributed by atoms with van der Waals surface area (Å²) in [5.74, 6) is 0.263. The molecule has 3 unspecified atom stereocenters. The molecule has 0 bridgehead atoms.